The molecule has 0 unspecified atom stereocenters. The summed E-state index contributed by atoms with van der Waals surface area (Å²) in [7, 11) is 1.37. The molecular weight excluding hydrogens is 230 g/mol. The molecule has 0 saturated heterocycles. The van der Waals surface area contributed by atoms with Crippen molar-refractivity contribution < 1.29 is 9.53 Å². The molecule has 0 fully saturated rings. The molecule has 0 aromatic carbocycles. The van der Waals surface area contributed by atoms with Crippen molar-refractivity contribution in [2.45, 2.75) is 20.4 Å². The number of aromatic nitrogens is 2. The van der Waals surface area contributed by atoms with Gasteiger partial charge >= 0.3 is 5.97 Å². The Labute approximate surface area is 106 Å². The van der Waals surface area contributed by atoms with Crippen LogP contribution in [0.3, 0.4) is 0 Å². The minimum Gasteiger partial charge on any atom is -0.464 e. The maximum atomic E-state index is 11.3. The average molecular weight is 247 g/mol. The normalized spacial score (nSPS) is 10.4. The minimum atomic E-state index is -0.352. The smallest absolute Gasteiger partial charge is 0.354 e. The summed E-state index contributed by atoms with van der Waals surface area (Å²) in [4.78, 5) is 14.3. The third kappa shape index (κ3) is 2.40. The van der Waals surface area contributed by atoms with Gasteiger partial charge in [0, 0.05) is 17.1 Å². The van der Waals surface area contributed by atoms with Gasteiger partial charge in [0.2, 0.25) is 0 Å². The SMILES string of the molecule is COC(=O)c1ccc(CNn2c(C)ccc2C)[nH]1. The number of hydrogen-bond donors (Lipinski definition) is 2. The van der Waals surface area contributed by atoms with Gasteiger partial charge in [-0.05, 0) is 38.1 Å². The van der Waals surface area contributed by atoms with Gasteiger partial charge < -0.3 is 15.1 Å². The van der Waals surface area contributed by atoms with Gasteiger partial charge in [-0.25, -0.2) is 4.79 Å². The van der Waals surface area contributed by atoms with Crippen molar-refractivity contribution in [3.8, 4) is 0 Å². The first-order valence-electron chi connectivity index (χ1n) is 5.77. The molecule has 0 spiro atoms. The van der Waals surface area contributed by atoms with E-state index in [2.05, 4.69) is 27.3 Å². The highest BCUT2D eigenvalue weighted by Gasteiger charge is 2.08. The fourth-order valence-corrected chi connectivity index (χ4v) is 1.85. The predicted octanol–water partition coefficient (Wildman–Crippen LogP) is 1.96. The van der Waals surface area contributed by atoms with E-state index >= 15 is 0 Å². The first-order valence-corrected chi connectivity index (χ1v) is 5.77. The lowest BCUT2D eigenvalue weighted by molar-refractivity contribution is 0.0594. The van der Waals surface area contributed by atoms with Crippen LogP contribution in [0.25, 0.3) is 0 Å². The molecule has 0 amide bonds. The molecule has 2 heterocycles. The number of carbonyl (C=O) groups is 1. The second kappa shape index (κ2) is 5.00. The van der Waals surface area contributed by atoms with Crippen LogP contribution in [0, 0.1) is 13.8 Å². The number of methoxy groups -OCH3 is 1. The van der Waals surface area contributed by atoms with Gasteiger partial charge in [-0.1, -0.05) is 0 Å². The molecule has 0 aliphatic carbocycles. The Morgan fingerprint density at radius 3 is 2.56 bits per heavy atom. The zero-order chi connectivity index (χ0) is 13.1. The largest absolute Gasteiger partial charge is 0.464 e. The highest BCUT2D eigenvalue weighted by molar-refractivity contribution is 5.87. The summed E-state index contributed by atoms with van der Waals surface area (Å²) in [5.41, 5.74) is 6.97. The maximum absolute atomic E-state index is 11.3. The van der Waals surface area contributed by atoms with Crippen molar-refractivity contribution in [1.29, 1.82) is 0 Å². The van der Waals surface area contributed by atoms with Crippen molar-refractivity contribution >= 4 is 5.97 Å². The van der Waals surface area contributed by atoms with E-state index in [-0.39, 0.29) is 5.97 Å². The highest BCUT2D eigenvalue weighted by atomic mass is 16.5. The fraction of sp³-hybridized carbons (Fsp3) is 0.308. The second-order valence-corrected chi connectivity index (χ2v) is 4.18. The number of carbonyl (C=O) groups excluding carboxylic acids is 1. The summed E-state index contributed by atoms with van der Waals surface area (Å²) in [6.45, 7) is 4.69. The Morgan fingerprint density at radius 1 is 1.28 bits per heavy atom. The lowest BCUT2D eigenvalue weighted by atomic mass is 10.4. The molecule has 0 aliphatic rings. The van der Waals surface area contributed by atoms with Gasteiger partial charge in [0.25, 0.3) is 0 Å². The second-order valence-electron chi connectivity index (χ2n) is 4.18. The van der Waals surface area contributed by atoms with Crippen LogP contribution in [0.5, 0.6) is 0 Å². The van der Waals surface area contributed by atoms with Crippen LogP contribution in [-0.2, 0) is 11.3 Å². The van der Waals surface area contributed by atoms with Crippen LogP contribution in [0.2, 0.25) is 0 Å². The standard InChI is InChI=1S/C13H17N3O2/c1-9-4-5-10(2)16(9)14-8-11-6-7-12(15-11)13(17)18-3/h4-7,14-15H,8H2,1-3H3. The molecule has 0 radical (unpaired) electrons. The third-order valence-corrected chi connectivity index (χ3v) is 2.85. The highest BCUT2D eigenvalue weighted by Crippen LogP contribution is 2.07. The first kappa shape index (κ1) is 12.3. The van der Waals surface area contributed by atoms with E-state index < -0.39 is 0 Å². The van der Waals surface area contributed by atoms with Crippen molar-refractivity contribution in [2.24, 2.45) is 0 Å². The quantitative estimate of drug-likeness (QED) is 0.812. The molecular formula is C13H17N3O2. The molecule has 2 N–H and O–H groups in total. The molecule has 0 saturated carbocycles. The number of aryl methyl sites for hydroxylation is 2. The van der Waals surface area contributed by atoms with Crippen molar-refractivity contribution in [3.63, 3.8) is 0 Å². The maximum Gasteiger partial charge on any atom is 0.354 e. The number of ether oxygens (including phenoxy) is 1. The Bertz CT molecular complexity index is 535. The Balaban J connectivity index is 2.03. The van der Waals surface area contributed by atoms with E-state index in [1.54, 1.807) is 6.07 Å². The zero-order valence-electron chi connectivity index (χ0n) is 10.8. The number of nitrogens with zero attached hydrogens (tertiary/aromatic N) is 1. The van der Waals surface area contributed by atoms with Crippen LogP contribution >= 0.6 is 0 Å². The van der Waals surface area contributed by atoms with Crippen molar-refractivity contribution in [3.05, 3.63) is 47.0 Å². The first-order chi connectivity index (χ1) is 8.61. The summed E-state index contributed by atoms with van der Waals surface area (Å²) in [6.07, 6.45) is 0. The molecule has 2 rings (SSSR count). The molecule has 2 aromatic rings. The summed E-state index contributed by atoms with van der Waals surface area (Å²) in [5, 5.41) is 0. The van der Waals surface area contributed by atoms with E-state index in [0.717, 1.165) is 17.1 Å². The summed E-state index contributed by atoms with van der Waals surface area (Å²) in [5.74, 6) is -0.352. The van der Waals surface area contributed by atoms with Gasteiger partial charge in [-0.2, -0.15) is 0 Å². The monoisotopic (exact) mass is 247 g/mol. The summed E-state index contributed by atoms with van der Waals surface area (Å²) < 4.78 is 6.65. The molecule has 96 valence electrons. The van der Waals surface area contributed by atoms with E-state index in [0.29, 0.717) is 12.2 Å². The molecule has 2 aromatic heterocycles. The third-order valence-electron chi connectivity index (χ3n) is 2.85. The molecule has 5 nitrogen and oxygen atoms in total. The predicted molar refractivity (Wildman–Crippen MR) is 69.1 cm³/mol. The Kier molecular flexibility index (Phi) is 3.41. The number of nitrogens with one attached hydrogen (secondary N) is 2. The van der Waals surface area contributed by atoms with Crippen LogP contribution < -0.4 is 5.43 Å². The van der Waals surface area contributed by atoms with Gasteiger partial charge in [0.15, 0.2) is 0 Å². The lowest BCUT2D eigenvalue weighted by Gasteiger charge is -2.11. The number of esters is 1. The van der Waals surface area contributed by atoms with Crippen LogP contribution in [0.15, 0.2) is 24.3 Å². The number of aromatic amines is 1. The van der Waals surface area contributed by atoms with Crippen LogP contribution in [-0.4, -0.2) is 22.7 Å². The number of H-pyrrole nitrogens is 1. The van der Waals surface area contributed by atoms with Gasteiger partial charge in [0.05, 0.1) is 13.7 Å². The van der Waals surface area contributed by atoms with E-state index in [4.69, 9.17) is 0 Å². The summed E-state index contributed by atoms with van der Waals surface area (Å²) >= 11 is 0. The van der Waals surface area contributed by atoms with Crippen LogP contribution in [0.4, 0.5) is 0 Å². The van der Waals surface area contributed by atoms with Gasteiger partial charge in [-0.15, -0.1) is 0 Å². The fourth-order valence-electron chi connectivity index (χ4n) is 1.85. The summed E-state index contributed by atoms with van der Waals surface area (Å²) in [6, 6.07) is 7.69. The molecule has 0 atom stereocenters. The number of hydrogen-bond acceptors (Lipinski definition) is 3. The van der Waals surface area contributed by atoms with Gasteiger partial charge in [-0.3, -0.25) is 4.68 Å². The Morgan fingerprint density at radius 2 is 1.94 bits per heavy atom. The molecule has 0 aliphatic heterocycles. The topological polar surface area (TPSA) is 59.0 Å². The van der Waals surface area contributed by atoms with E-state index in [9.17, 15) is 4.79 Å². The average Bonchev–Trinajstić information content (AvgIpc) is 2.95. The molecule has 0 bridgehead atoms. The van der Waals surface area contributed by atoms with E-state index in [1.807, 2.05) is 24.6 Å². The minimum absolute atomic E-state index is 0.352. The number of rotatable bonds is 4. The lowest BCUT2D eigenvalue weighted by Crippen LogP contribution is -2.17. The van der Waals surface area contributed by atoms with Crippen LogP contribution in [0.1, 0.15) is 27.6 Å². The molecule has 5 heteroatoms. The van der Waals surface area contributed by atoms with Crippen molar-refractivity contribution in [1.82, 2.24) is 9.66 Å². The van der Waals surface area contributed by atoms with E-state index in [1.165, 1.54) is 7.11 Å². The Hall–Kier alpha value is -2.17. The zero-order valence-corrected chi connectivity index (χ0v) is 10.8. The molecule has 18 heavy (non-hydrogen) atoms. The van der Waals surface area contributed by atoms with Crippen molar-refractivity contribution in [2.75, 3.05) is 12.5 Å². The van der Waals surface area contributed by atoms with Gasteiger partial charge in [0.1, 0.15) is 5.69 Å².